The van der Waals surface area contributed by atoms with E-state index < -0.39 is 6.03 Å². The van der Waals surface area contributed by atoms with E-state index in [-0.39, 0.29) is 0 Å². The van der Waals surface area contributed by atoms with Crippen molar-refractivity contribution in [3.63, 3.8) is 0 Å². The van der Waals surface area contributed by atoms with Crippen LogP contribution in [0.4, 0.5) is 15.6 Å². The van der Waals surface area contributed by atoms with Crippen LogP contribution < -0.4 is 16.4 Å². The first kappa shape index (κ1) is 14.3. The van der Waals surface area contributed by atoms with Crippen molar-refractivity contribution in [3.05, 3.63) is 47.8 Å². The van der Waals surface area contributed by atoms with E-state index in [9.17, 15) is 4.79 Å². The topological polar surface area (TPSA) is 92.9 Å². The summed E-state index contributed by atoms with van der Waals surface area (Å²) < 4.78 is 4.25. The van der Waals surface area contributed by atoms with Crippen LogP contribution in [-0.4, -0.2) is 15.4 Å². The summed E-state index contributed by atoms with van der Waals surface area (Å²) in [6.45, 7) is 2.65. The summed E-state index contributed by atoms with van der Waals surface area (Å²) in [5, 5.41) is 8.91. The first-order valence-corrected chi connectivity index (χ1v) is 7.50. The van der Waals surface area contributed by atoms with Crippen molar-refractivity contribution in [1.82, 2.24) is 9.36 Å². The lowest BCUT2D eigenvalue weighted by atomic mass is 10.1. The number of nitrogens with two attached hydrogens (primary N) is 1. The molecule has 0 fully saturated rings. The van der Waals surface area contributed by atoms with Gasteiger partial charge in [0.25, 0.3) is 0 Å². The largest absolute Gasteiger partial charge is 0.372 e. The Morgan fingerprint density at radius 3 is 2.95 bits per heavy atom. The van der Waals surface area contributed by atoms with Crippen LogP contribution in [0.2, 0.25) is 0 Å². The molecule has 3 aromatic rings. The summed E-state index contributed by atoms with van der Waals surface area (Å²) in [5.74, 6) is 0.447. The van der Waals surface area contributed by atoms with Crippen molar-refractivity contribution < 1.29 is 4.79 Å². The number of hydrogen-bond acceptors (Lipinski definition) is 5. The molecule has 0 saturated heterocycles. The SMILES string of the molecule is Cc1cc(NCc2cccc3cc(NC(N)=O)ncc23)sn1. The molecule has 0 atom stereocenters. The van der Waals surface area contributed by atoms with Gasteiger partial charge in [-0.1, -0.05) is 18.2 Å². The van der Waals surface area contributed by atoms with Gasteiger partial charge in [0.1, 0.15) is 10.8 Å². The number of rotatable bonds is 4. The molecule has 6 nitrogen and oxygen atoms in total. The fraction of sp³-hybridized carbons (Fsp3) is 0.133. The Morgan fingerprint density at radius 2 is 2.23 bits per heavy atom. The van der Waals surface area contributed by atoms with Crippen molar-refractivity contribution in [2.45, 2.75) is 13.5 Å². The number of benzene rings is 1. The smallest absolute Gasteiger partial charge is 0.317 e. The molecule has 0 aliphatic rings. The Morgan fingerprint density at radius 1 is 1.36 bits per heavy atom. The number of nitrogens with one attached hydrogen (secondary N) is 2. The normalized spacial score (nSPS) is 10.6. The van der Waals surface area contributed by atoms with Gasteiger partial charge in [-0.15, -0.1) is 0 Å². The number of aromatic nitrogens is 2. The van der Waals surface area contributed by atoms with Gasteiger partial charge in [-0.2, -0.15) is 4.37 Å². The van der Waals surface area contributed by atoms with E-state index in [1.54, 1.807) is 12.3 Å². The van der Waals surface area contributed by atoms with E-state index in [1.165, 1.54) is 11.5 Å². The van der Waals surface area contributed by atoms with E-state index in [0.29, 0.717) is 12.4 Å². The number of hydrogen-bond donors (Lipinski definition) is 3. The second-order valence-electron chi connectivity index (χ2n) is 4.88. The van der Waals surface area contributed by atoms with Gasteiger partial charge < -0.3 is 11.1 Å². The zero-order valence-corrected chi connectivity index (χ0v) is 12.8. The molecule has 3 rings (SSSR count). The Hall–Kier alpha value is -2.67. The minimum atomic E-state index is -0.620. The Balaban J connectivity index is 1.85. The third-order valence-corrected chi connectivity index (χ3v) is 4.03. The summed E-state index contributed by atoms with van der Waals surface area (Å²) in [6, 6.07) is 9.20. The fourth-order valence-corrected chi connectivity index (χ4v) is 2.87. The Bertz CT molecular complexity index is 830. The summed E-state index contributed by atoms with van der Waals surface area (Å²) in [7, 11) is 0. The number of anilines is 2. The highest BCUT2D eigenvalue weighted by molar-refractivity contribution is 7.10. The number of amides is 2. The molecule has 7 heteroatoms. The highest BCUT2D eigenvalue weighted by Crippen LogP contribution is 2.23. The summed E-state index contributed by atoms with van der Waals surface area (Å²) in [5.41, 5.74) is 7.24. The first-order valence-electron chi connectivity index (χ1n) is 6.73. The number of pyridine rings is 1. The van der Waals surface area contributed by atoms with Gasteiger partial charge in [-0.3, -0.25) is 5.32 Å². The van der Waals surface area contributed by atoms with Gasteiger partial charge in [-0.05, 0) is 41.5 Å². The third-order valence-electron chi connectivity index (χ3n) is 3.19. The zero-order chi connectivity index (χ0) is 15.5. The maximum Gasteiger partial charge on any atom is 0.317 e. The standard InChI is InChI=1S/C15H15N5OS/c1-9-5-14(22-20-9)18-7-11-4-2-3-10-6-13(19-15(16)21)17-8-12(10)11/h2-6,8,18H,7H2,1H3,(H3,16,17,19,21). The molecule has 2 amide bonds. The Kier molecular flexibility index (Phi) is 3.88. The predicted molar refractivity (Wildman–Crippen MR) is 89.1 cm³/mol. The summed E-state index contributed by atoms with van der Waals surface area (Å²) >= 11 is 1.45. The highest BCUT2D eigenvalue weighted by Gasteiger charge is 2.05. The van der Waals surface area contributed by atoms with Crippen molar-refractivity contribution in [1.29, 1.82) is 0 Å². The van der Waals surface area contributed by atoms with E-state index in [4.69, 9.17) is 5.73 Å². The van der Waals surface area contributed by atoms with Crippen molar-refractivity contribution >= 4 is 39.2 Å². The fourth-order valence-electron chi connectivity index (χ4n) is 2.21. The van der Waals surface area contributed by atoms with Gasteiger partial charge in [0.05, 0.1) is 5.69 Å². The molecule has 0 spiro atoms. The van der Waals surface area contributed by atoms with Crippen LogP contribution in [0.5, 0.6) is 0 Å². The van der Waals surface area contributed by atoms with Gasteiger partial charge >= 0.3 is 6.03 Å². The average molecular weight is 313 g/mol. The monoisotopic (exact) mass is 313 g/mol. The van der Waals surface area contributed by atoms with E-state index in [1.807, 2.05) is 31.2 Å². The Labute approximate surface area is 131 Å². The molecule has 0 saturated carbocycles. The van der Waals surface area contributed by atoms with Gasteiger partial charge in [0, 0.05) is 18.1 Å². The van der Waals surface area contributed by atoms with Crippen molar-refractivity contribution in [3.8, 4) is 0 Å². The van der Waals surface area contributed by atoms with E-state index >= 15 is 0 Å². The number of nitrogens with zero attached hydrogens (tertiary/aromatic N) is 2. The maximum atomic E-state index is 10.9. The van der Waals surface area contributed by atoms with Crippen molar-refractivity contribution in [2.24, 2.45) is 5.73 Å². The van der Waals surface area contributed by atoms with Gasteiger partial charge in [0.2, 0.25) is 0 Å². The van der Waals surface area contributed by atoms with Crippen LogP contribution in [-0.2, 0) is 6.54 Å². The van der Waals surface area contributed by atoms with Crippen LogP contribution >= 0.6 is 11.5 Å². The number of carbonyl (C=O) groups is 1. The quantitative estimate of drug-likeness (QED) is 0.690. The van der Waals surface area contributed by atoms with E-state index in [2.05, 4.69) is 20.0 Å². The molecule has 1 aromatic carbocycles. The molecule has 4 N–H and O–H groups in total. The molecular formula is C15H15N5OS. The molecule has 0 bridgehead atoms. The molecule has 0 aliphatic heterocycles. The second kappa shape index (κ2) is 5.98. The lowest BCUT2D eigenvalue weighted by Crippen LogP contribution is -2.19. The summed E-state index contributed by atoms with van der Waals surface area (Å²) in [6.07, 6.45) is 1.75. The second-order valence-corrected chi connectivity index (χ2v) is 5.69. The maximum absolute atomic E-state index is 10.9. The lowest BCUT2D eigenvalue weighted by Gasteiger charge is -2.09. The molecule has 22 heavy (non-hydrogen) atoms. The number of aryl methyl sites for hydroxylation is 1. The molecule has 0 unspecified atom stereocenters. The highest BCUT2D eigenvalue weighted by atomic mass is 32.1. The van der Waals surface area contributed by atoms with Crippen LogP contribution in [0.15, 0.2) is 36.5 Å². The molecule has 0 radical (unpaired) electrons. The molecule has 2 aromatic heterocycles. The minimum absolute atomic E-state index is 0.447. The summed E-state index contributed by atoms with van der Waals surface area (Å²) in [4.78, 5) is 15.1. The van der Waals surface area contributed by atoms with Gasteiger partial charge in [-0.25, -0.2) is 9.78 Å². The van der Waals surface area contributed by atoms with Crippen LogP contribution in [0.25, 0.3) is 10.8 Å². The van der Waals surface area contributed by atoms with Crippen LogP contribution in [0.3, 0.4) is 0 Å². The third kappa shape index (κ3) is 3.15. The first-order chi connectivity index (χ1) is 10.6. The number of primary amides is 1. The lowest BCUT2D eigenvalue weighted by molar-refractivity contribution is 0.259. The van der Waals surface area contributed by atoms with Gasteiger partial charge in [0.15, 0.2) is 0 Å². The zero-order valence-electron chi connectivity index (χ0n) is 12.0. The minimum Gasteiger partial charge on any atom is -0.372 e. The van der Waals surface area contributed by atoms with Crippen LogP contribution in [0.1, 0.15) is 11.3 Å². The van der Waals surface area contributed by atoms with Crippen molar-refractivity contribution in [2.75, 3.05) is 10.6 Å². The molecular weight excluding hydrogens is 298 g/mol. The molecule has 0 aliphatic carbocycles. The molecule has 112 valence electrons. The van der Waals surface area contributed by atoms with Crippen LogP contribution in [0, 0.1) is 6.92 Å². The number of carbonyl (C=O) groups excluding carboxylic acids is 1. The predicted octanol–water partition coefficient (Wildman–Crippen LogP) is 3.10. The average Bonchev–Trinajstić information content (AvgIpc) is 2.89. The number of urea groups is 1. The molecule has 2 heterocycles. The van der Waals surface area contributed by atoms with E-state index in [0.717, 1.165) is 27.0 Å². The number of fused-ring (bicyclic) bond motifs is 1.